The number of halogens is 1. The predicted molar refractivity (Wildman–Crippen MR) is 92.7 cm³/mol. The van der Waals surface area contributed by atoms with Crippen LogP contribution in [-0.4, -0.2) is 39.3 Å². The molecular formula is C18H24FN3O2. The highest BCUT2D eigenvalue weighted by Crippen LogP contribution is 2.06. The third-order valence-corrected chi connectivity index (χ3v) is 3.45. The van der Waals surface area contributed by atoms with Gasteiger partial charge in [0.2, 0.25) is 0 Å². The van der Waals surface area contributed by atoms with E-state index in [-0.39, 0.29) is 5.82 Å². The van der Waals surface area contributed by atoms with Crippen LogP contribution in [0.15, 0.2) is 52.1 Å². The minimum absolute atomic E-state index is 0.178. The molecule has 2 rings (SSSR count). The first-order valence-corrected chi connectivity index (χ1v) is 8.06. The molecule has 0 aliphatic rings. The SMILES string of the molecule is COCCN=C(NCCc1ccco1)NCCc1ccccc1F. The molecule has 5 nitrogen and oxygen atoms in total. The van der Waals surface area contributed by atoms with Crippen LogP contribution in [0.25, 0.3) is 0 Å². The number of hydrogen-bond acceptors (Lipinski definition) is 3. The van der Waals surface area contributed by atoms with Crippen LogP contribution in [-0.2, 0) is 17.6 Å². The number of methoxy groups -OCH3 is 1. The lowest BCUT2D eigenvalue weighted by Gasteiger charge is -2.12. The smallest absolute Gasteiger partial charge is 0.191 e. The average Bonchev–Trinajstić information content (AvgIpc) is 3.10. The molecule has 24 heavy (non-hydrogen) atoms. The number of rotatable bonds is 9. The van der Waals surface area contributed by atoms with E-state index in [1.165, 1.54) is 6.07 Å². The predicted octanol–water partition coefficient (Wildman–Crippen LogP) is 2.39. The molecule has 1 heterocycles. The van der Waals surface area contributed by atoms with Gasteiger partial charge in [0.05, 0.1) is 19.4 Å². The number of hydrogen-bond donors (Lipinski definition) is 2. The van der Waals surface area contributed by atoms with Gasteiger partial charge in [-0.25, -0.2) is 4.39 Å². The first-order valence-electron chi connectivity index (χ1n) is 8.06. The summed E-state index contributed by atoms with van der Waals surface area (Å²) in [6, 6.07) is 10.6. The Bertz CT molecular complexity index is 614. The van der Waals surface area contributed by atoms with Crippen LogP contribution < -0.4 is 10.6 Å². The van der Waals surface area contributed by atoms with E-state index in [2.05, 4.69) is 15.6 Å². The fourth-order valence-electron chi connectivity index (χ4n) is 2.20. The maximum atomic E-state index is 13.6. The Morgan fingerprint density at radius 3 is 2.62 bits per heavy atom. The minimum atomic E-state index is -0.178. The van der Waals surface area contributed by atoms with E-state index in [1.54, 1.807) is 25.5 Å². The lowest BCUT2D eigenvalue weighted by molar-refractivity contribution is 0.208. The van der Waals surface area contributed by atoms with E-state index in [0.717, 1.165) is 12.2 Å². The second kappa shape index (κ2) is 10.4. The van der Waals surface area contributed by atoms with Gasteiger partial charge in [-0.15, -0.1) is 0 Å². The van der Waals surface area contributed by atoms with Gasteiger partial charge in [-0.05, 0) is 30.2 Å². The lowest BCUT2D eigenvalue weighted by Crippen LogP contribution is -2.39. The van der Waals surface area contributed by atoms with Crippen molar-refractivity contribution in [1.29, 1.82) is 0 Å². The fourth-order valence-corrected chi connectivity index (χ4v) is 2.20. The molecule has 1 aromatic heterocycles. The second-order valence-corrected chi connectivity index (χ2v) is 5.25. The summed E-state index contributed by atoms with van der Waals surface area (Å²) in [6.45, 7) is 2.41. The van der Waals surface area contributed by atoms with Gasteiger partial charge in [0, 0.05) is 26.6 Å². The first-order chi connectivity index (χ1) is 11.8. The molecule has 0 bridgehead atoms. The molecule has 0 fully saturated rings. The van der Waals surface area contributed by atoms with Crippen molar-refractivity contribution >= 4 is 5.96 Å². The van der Waals surface area contributed by atoms with Crippen molar-refractivity contribution in [3.8, 4) is 0 Å². The molecule has 0 saturated carbocycles. The zero-order chi connectivity index (χ0) is 17.0. The summed E-state index contributed by atoms with van der Waals surface area (Å²) in [7, 11) is 1.64. The lowest BCUT2D eigenvalue weighted by atomic mass is 10.1. The van der Waals surface area contributed by atoms with Crippen LogP contribution in [0.1, 0.15) is 11.3 Å². The summed E-state index contributed by atoms with van der Waals surface area (Å²) >= 11 is 0. The Balaban J connectivity index is 1.79. The van der Waals surface area contributed by atoms with Gasteiger partial charge in [-0.3, -0.25) is 4.99 Å². The van der Waals surface area contributed by atoms with Crippen molar-refractivity contribution in [1.82, 2.24) is 10.6 Å². The summed E-state index contributed by atoms with van der Waals surface area (Å²) in [5, 5.41) is 6.47. The van der Waals surface area contributed by atoms with Crippen molar-refractivity contribution in [3.05, 3.63) is 59.8 Å². The van der Waals surface area contributed by atoms with Crippen molar-refractivity contribution < 1.29 is 13.5 Å². The standard InChI is InChI=1S/C18H24FN3O2/c1-23-14-12-22-18(21-11-9-16-6-4-13-24-16)20-10-8-15-5-2-3-7-17(15)19/h2-7,13H,8-12,14H2,1H3,(H2,20,21,22). The molecule has 0 unspecified atom stereocenters. The molecular weight excluding hydrogens is 309 g/mol. The number of ether oxygens (including phenoxy) is 1. The molecule has 0 amide bonds. The number of benzene rings is 1. The van der Waals surface area contributed by atoms with Crippen molar-refractivity contribution in [3.63, 3.8) is 0 Å². The molecule has 130 valence electrons. The van der Waals surface area contributed by atoms with E-state index >= 15 is 0 Å². The van der Waals surface area contributed by atoms with Crippen LogP contribution in [0.4, 0.5) is 4.39 Å². The van der Waals surface area contributed by atoms with Crippen LogP contribution in [0.2, 0.25) is 0 Å². The summed E-state index contributed by atoms with van der Waals surface area (Å²) < 4.78 is 23.9. The van der Waals surface area contributed by atoms with Crippen molar-refractivity contribution in [2.45, 2.75) is 12.8 Å². The van der Waals surface area contributed by atoms with Crippen LogP contribution in [0.3, 0.4) is 0 Å². The van der Waals surface area contributed by atoms with Crippen LogP contribution in [0.5, 0.6) is 0 Å². The first kappa shape index (κ1) is 18.0. The van der Waals surface area contributed by atoms with Crippen molar-refractivity contribution in [2.24, 2.45) is 4.99 Å². The maximum absolute atomic E-state index is 13.6. The van der Waals surface area contributed by atoms with Gasteiger partial charge in [0.1, 0.15) is 11.6 Å². The molecule has 0 atom stereocenters. The molecule has 0 radical (unpaired) electrons. The van der Waals surface area contributed by atoms with Gasteiger partial charge >= 0.3 is 0 Å². The highest BCUT2D eigenvalue weighted by atomic mass is 19.1. The summed E-state index contributed by atoms with van der Waals surface area (Å²) in [6.07, 6.45) is 3.02. The van der Waals surface area contributed by atoms with Gasteiger partial charge < -0.3 is 19.8 Å². The van der Waals surface area contributed by atoms with E-state index in [4.69, 9.17) is 9.15 Å². The van der Waals surface area contributed by atoms with Crippen LogP contribution >= 0.6 is 0 Å². The van der Waals surface area contributed by atoms with E-state index in [9.17, 15) is 4.39 Å². The van der Waals surface area contributed by atoms with Gasteiger partial charge in [0.25, 0.3) is 0 Å². The fraction of sp³-hybridized carbons (Fsp3) is 0.389. The maximum Gasteiger partial charge on any atom is 0.191 e. The largest absolute Gasteiger partial charge is 0.469 e. The Labute approximate surface area is 141 Å². The number of aliphatic imine (C=N–C) groups is 1. The van der Waals surface area contributed by atoms with Crippen LogP contribution in [0, 0.1) is 5.82 Å². The topological polar surface area (TPSA) is 58.8 Å². The number of nitrogens with one attached hydrogen (secondary N) is 2. The number of guanidine groups is 1. The second-order valence-electron chi connectivity index (χ2n) is 5.25. The van der Waals surface area contributed by atoms with Gasteiger partial charge in [-0.2, -0.15) is 0 Å². The molecule has 6 heteroatoms. The molecule has 2 aromatic rings. The third-order valence-electron chi connectivity index (χ3n) is 3.45. The van der Waals surface area contributed by atoms with Crippen molar-refractivity contribution in [2.75, 3.05) is 33.4 Å². The molecule has 0 saturated heterocycles. The zero-order valence-electron chi connectivity index (χ0n) is 13.9. The summed E-state index contributed by atoms with van der Waals surface area (Å²) in [5.41, 5.74) is 0.692. The average molecular weight is 333 g/mol. The number of furan rings is 1. The normalized spacial score (nSPS) is 11.5. The quantitative estimate of drug-likeness (QED) is 0.420. The van der Waals surface area contributed by atoms with Gasteiger partial charge in [0.15, 0.2) is 5.96 Å². The summed E-state index contributed by atoms with van der Waals surface area (Å²) in [5.74, 6) is 1.43. The Kier molecular flexibility index (Phi) is 7.83. The highest BCUT2D eigenvalue weighted by molar-refractivity contribution is 5.79. The third kappa shape index (κ3) is 6.42. The molecule has 1 aromatic carbocycles. The highest BCUT2D eigenvalue weighted by Gasteiger charge is 2.03. The minimum Gasteiger partial charge on any atom is -0.469 e. The van der Waals surface area contributed by atoms with E-state index in [1.807, 2.05) is 18.2 Å². The zero-order valence-corrected chi connectivity index (χ0v) is 13.9. The monoisotopic (exact) mass is 333 g/mol. The molecule has 0 aliphatic carbocycles. The van der Waals surface area contributed by atoms with E-state index < -0.39 is 0 Å². The van der Waals surface area contributed by atoms with E-state index in [0.29, 0.717) is 44.2 Å². The Hall–Kier alpha value is -2.34. The number of nitrogens with zero attached hydrogens (tertiary/aromatic N) is 1. The Morgan fingerprint density at radius 1 is 1.12 bits per heavy atom. The summed E-state index contributed by atoms with van der Waals surface area (Å²) in [4.78, 5) is 4.43. The molecule has 2 N–H and O–H groups in total. The Morgan fingerprint density at radius 2 is 1.92 bits per heavy atom. The van der Waals surface area contributed by atoms with Gasteiger partial charge in [-0.1, -0.05) is 18.2 Å². The molecule has 0 spiro atoms. The molecule has 0 aliphatic heterocycles.